The Balaban J connectivity index is 1.47. The number of carbonyl (C=O) groups excluding carboxylic acids is 2. The van der Waals surface area contributed by atoms with Crippen LogP contribution in [0.5, 0.6) is 0 Å². The van der Waals surface area contributed by atoms with Crippen LogP contribution in [-0.2, 0) is 16.1 Å². The number of nitrogens with one attached hydrogen (secondary N) is 1. The normalized spacial score (nSPS) is 25.0. The third-order valence-corrected chi connectivity index (χ3v) is 4.93. The van der Waals surface area contributed by atoms with Crippen molar-refractivity contribution in [1.29, 1.82) is 0 Å². The van der Waals surface area contributed by atoms with Gasteiger partial charge >= 0.3 is 0 Å². The third kappa shape index (κ3) is 3.05. The second-order valence-corrected chi connectivity index (χ2v) is 6.42. The number of benzene rings is 1. The highest BCUT2D eigenvalue weighted by molar-refractivity contribution is 5.95. The third-order valence-electron chi connectivity index (χ3n) is 4.93. The van der Waals surface area contributed by atoms with Crippen molar-refractivity contribution < 1.29 is 18.7 Å². The molecule has 3 heterocycles. The van der Waals surface area contributed by atoms with Crippen molar-refractivity contribution in [2.24, 2.45) is 5.92 Å². The molecule has 1 aromatic carbocycles. The van der Waals surface area contributed by atoms with Crippen LogP contribution in [0.25, 0.3) is 0 Å². The molecule has 2 fully saturated rings. The van der Waals surface area contributed by atoms with E-state index in [9.17, 15) is 9.59 Å². The highest BCUT2D eigenvalue weighted by Crippen LogP contribution is 2.34. The molecule has 4 rings (SSSR count). The Morgan fingerprint density at radius 2 is 2.00 bits per heavy atom. The van der Waals surface area contributed by atoms with E-state index in [-0.39, 0.29) is 29.9 Å². The van der Waals surface area contributed by atoms with Gasteiger partial charge in [0.15, 0.2) is 0 Å². The van der Waals surface area contributed by atoms with E-state index in [1.807, 2.05) is 24.3 Å². The molecule has 0 saturated carbocycles. The zero-order valence-electron chi connectivity index (χ0n) is 13.8. The van der Waals surface area contributed by atoms with E-state index in [4.69, 9.17) is 9.15 Å². The first-order valence-electron chi connectivity index (χ1n) is 8.52. The minimum Gasteiger partial charge on any atom is -0.467 e. The van der Waals surface area contributed by atoms with Crippen LogP contribution < -0.4 is 5.32 Å². The minimum atomic E-state index is -0.352. The van der Waals surface area contributed by atoms with Crippen LogP contribution >= 0.6 is 0 Å². The molecule has 0 spiro atoms. The fourth-order valence-electron chi connectivity index (χ4n) is 3.70. The molecule has 130 valence electrons. The van der Waals surface area contributed by atoms with Gasteiger partial charge in [0, 0.05) is 18.7 Å². The lowest BCUT2D eigenvalue weighted by Crippen LogP contribution is -2.37. The van der Waals surface area contributed by atoms with Crippen LogP contribution in [0.15, 0.2) is 53.1 Å². The maximum atomic E-state index is 12.8. The maximum absolute atomic E-state index is 12.8. The van der Waals surface area contributed by atoms with Gasteiger partial charge in [0.1, 0.15) is 5.76 Å². The van der Waals surface area contributed by atoms with Crippen LogP contribution in [0.3, 0.4) is 0 Å². The summed E-state index contributed by atoms with van der Waals surface area (Å²) in [6, 6.07) is 12.7. The first-order chi connectivity index (χ1) is 12.2. The molecule has 3 atom stereocenters. The Morgan fingerprint density at radius 1 is 1.16 bits per heavy atom. The molecule has 0 radical (unpaired) electrons. The van der Waals surface area contributed by atoms with Crippen molar-refractivity contribution in [3.8, 4) is 0 Å². The van der Waals surface area contributed by atoms with Crippen LogP contribution in [-0.4, -0.2) is 42.0 Å². The van der Waals surface area contributed by atoms with Crippen molar-refractivity contribution in [2.75, 3.05) is 13.2 Å². The van der Waals surface area contributed by atoms with E-state index < -0.39 is 0 Å². The molecule has 25 heavy (non-hydrogen) atoms. The Morgan fingerprint density at radius 3 is 2.76 bits per heavy atom. The van der Waals surface area contributed by atoms with E-state index in [1.165, 1.54) is 0 Å². The van der Waals surface area contributed by atoms with Gasteiger partial charge in [-0.1, -0.05) is 18.2 Å². The number of fused-ring (bicyclic) bond motifs is 1. The van der Waals surface area contributed by atoms with Gasteiger partial charge in [0.05, 0.1) is 30.9 Å². The molecule has 2 aliphatic heterocycles. The smallest absolute Gasteiger partial charge is 0.254 e. The topological polar surface area (TPSA) is 71.8 Å². The Bertz CT molecular complexity index is 744. The van der Waals surface area contributed by atoms with Gasteiger partial charge in [-0.05, 0) is 30.7 Å². The van der Waals surface area contributed by atoms with E-state index >= 15 is 0 Å². The monoisotopic (exact) mass is 340 g/mol. The predicted molar refractivity (Wildman–Crippen MR) is 89.7 cm³/mol. The van der Waals surface area contributed by atoms with Crippen molar-refractivity contribution in [3.63, 3.8) is 0 Å². The van der Waals surface area contributed by atoms with Gasteiger partial charge in [-0.3, -0.25) is 9.59 Å². The summed E-state index contributed by atoms with van der Waals surface area (Å²) in [6.45, 7) is 1.30. The number of amides is 2. The van der Waals surface area contributed by atoms with Crippen LogP contribution in [0.4, 0.5) is 0 Å². The van der Waals surface area contributed by atoms with Crippen molar-refractivity contribution >= 4 is 11.8 Å². The molecule has 6 nitrogen and oxygen atoms in total. The summed E-state index contributed by atoms with van der Waals surface area (Å²) in [5.74, 6) is 0.210. The molecule has 1 aromatic heterocycles. The second-order valence-electron chi connectivity index (χ2n) is 6.42. The summed E-state index contributed by atoms with van der Waals surface area (Å²) in [5, 5.41) is 2.89. The molecule has 2 aromatic rings. The predicted octanol–water partition coefficient (Wildman–Crippen LogP) is 1.83. The Labute approximate surface area is 145 Å². The highest BCUT2D eigenvalue weighted by Gasteiger charge is 2.50. The van der Waals surface area contributed by atoms with Gasteiger partial charge in [-0.2, -0.15) is 0 Å². The van der Waals surface area contributed by atoms with E-state index in [2.05, 4.69) is 5.32 Å². The summed E-state index contributed by atoms with van der Waals surface area (Å²) in [5.41, 5.74) is 0.643. The molecule has 6 heteroatoms. The summed E-state index contributed by atoms with van der Waals surface area (Å²) < 4.78 is 11.0. The van der Waals surface area contributed by atoms with Crippen molar-refractivity contribution in [1.82, 2.24) is 10.2 Å². The molecule has 2 amide bonds. The van der Waals surface area contributed by atoms with Gasteiger partial charge in [0.2, 0.25) is 5.91 Å². The lowest BCUT2D eigenvalue weighted by atomic mass is 10.0. The summed E-state index contributed by atoms with van der Waals surface area (Å²) in [7, 11) is 0. The fraction of sp³-hybridized carbons (Fsp3) is 0.368. The largest absolute Gasteiger partial charge is 0.467 e. The fourth-order valence-corrected chi connectivity index (χ4v) is 3.70. The molecule has 1 N–H and O–H groups in total. The zero-order valence-corrected chi connectivity index (χ0v) is 13.8. The van der Waals surface area contributed by atoms with Gasteiger partial charge in [0.25, 0.3) is 5.91 Å². The molecule has 2 aliphatic rings. The van der Waals surface area contributed by atoms with Gasteiger partial charge in [-0.25, -0.2) is 0 Å². The van der Waals surface area contributed by atoms with Crippen LogP contribution in [0.1, 0.15) is 22.5 Å². The Hall–Kier alpha value is -2.60. The quantitative estimate of drug-likeness (QED) is 0.922. The minimum absolute atomic E-state index is 0.0351. The summed E-state index contributed by atoms with van der Waals surface area (Å²) >= 11 is 0. The SMILES string of the molecule is O=C(NCc1ccco1)[C@@H]1CN(C(=O)c2ccccc2)[C@H]2CCO[C@H]12. The average Bonchev–Trinajstić information content (AvgIpc) is 3.37. The van der Waals surface area contributed by atoms with Crippen LogP contribution in [0.2, 0.25) is 0 Å². The number of carbonyl (C=O) groups is 2. The molecule has 0 bridgehead atoms. The number of nitrogens with zero attached hydrogens (tertiary/aromatic N) is 1. The van der Waals surface area contributed by atoms with Crippen molar-refractivity contribution in [3.05, 3.63) is 60.1 Å². The van der Waals surface area contributed by atoms with Crippen LogP contribution in [0, 0.1) is 5.92 Å². The standard InChI is InChI=1S/C19H20N2O4/c22-18(20-11-14-7-4-9-24-14)15-12-21(16-8-10-25-17(15)16)19(23)13-5-2-1-3-6-13/h1-7,9,15-17H,8,10-12H2,(H,20,22)/t15-,16+,17-/m1/s1. The highest BCUT2D eigenvalue weighted by atomic mass is 16.5. The lowest BCUT2D eigenvalue weighted by Gasteiger charge is -2.22. The van der Waals surface area contributed by atoms with E-state index in [1.54, 1.807) is 29.4 Å². The number of furan rings is 1. The van der Waals surface area contributed by atoms with E-state index in [0.717, 1.165) is 6.42 Å². The maximum Gasteiger partial charge on any atom is 0.254 e. The second kappa shape index (κ2) is 6.72. The number of hydrogen-bond donors (Lipinski definition) is 1. The number of hydrogen-bond acceptors (Lipinski definition) is 4. The molecular weight excluding hydrogens is 320 g/mol. The van der Waals surface area contributed by atoms with Crippen molar-refractivity contribution in [2.45, 2.75) is 25.1 Å². The van der Waals surface area contributed by atoms with Gasteiger partial charge in [-0.15, -0.1) is 0 Å². The zero-order chi connectivity index (χ0) is 17.2. The average molecular weight is 340 g/mol. The van der Waals surface area contributed by atoms with Gasteiger partial charge < -0.3 is 19.4 Å². The molecule has 2 saturated heterocycles. The number of ether oxygens (including phenoxy) is 1. The molecule has 0 unspecified atom stereocenters. The molecule has 0 aliphatic carbocycles. The Kier molecular flexibility index (Phi) is 4.28. The number of likely N-dealkylation sites (tertiary alicyclic amines) is 1. The number of rotatable bonds is 4. The first kappa shape index (κ1) is 15.9. The summed E-state index contributed by atoms with van der Waals surface area (Å²) in [4.78, 5) is 27.2. The first-order valence-corrected chi connectivity index (χ1v) is 8.52. The summed E-state index contributed by atoms with van der Waals surface area (Å²) in [6.07, 6.45) is 2.11. The van der Waals surface area contributed by atoms with E-state index in [0.29, 0.717) is 31.0 Å². The lowest BCUT2D eigenvalue weighted by molar-refractivity contribution is -0.127. The molecular formula is C19H20N2O4.